The molecule has 0 aromatic heterocycles. The molecule has 0 spiro atoms. The monoisotopic (exact) mass is 246 g/mol. The topological polar surface area (TPSA) is 44.8 Å². The standard InChI is InChI=1S/C13H26O4/c1-6-8-10-11(9-7-2)12(14)15-17-16-13(3,4)5/h11H,6-10H2,1-5H3. The molecule has 0 saturated carbocycles. The maximum absolute atomic E-state index is 11.7. The fourth-order valence-electron chi connectivity index (χ4n) is 1.40. The lowest BCUT2D eigenvalue weighted by Gasteiger charge is -2.17. The predicted octanol–water partition coefficient (Wildman–Crippen LogP) is 3.80. The Balaban J connectivity index is 3.96. The molecule has 0 aliphatic carbocycles. The van der Waals surface area contributed by atoms with E-state index in [9.17, 15) is 4.79 Å². The third-order valence-electron chi connectivity index (χ3n) is 2.28. The van der Waals surface area contributed by atoms with Crippen LogP contribution in [0.4, 0.5) is 0 Å². The molecule has 17 heavy (non-hydrogen) atoms. The van der Waals surface area contributed by atoms with E-state index in [0.29, 0.717) is 0 Å². The number of carbonyl (C=O) groups is 1. The average molecular weight is 246 g/mol. The first-order chi connectivity index (χ1) is 7.90. The summed E-state index contributed by atoms with van der Waals surface area (Å²) in [5, 5.41) is 4.52. The highest BCUT2D eigenvalue weighted by Gasteiger charge is 2.21. The van der Waals surface area contributed by atoms with E-state index in [0.717, 1.165) is 32.1 Å². The fraction of sp³-hybridized carbons (Fsp3) is 0.923. The summed E-state index contributed by atoms with van der Waals surface area (Å²) in [4.78, 5) is 21.3. The van der Waals surface area contributed by atoms with Crippen LogP contribution in [0, 0.1) is 5.92 Å². The van der Waals surface area contributed by atoms with Crippen LogP contribution in [-0.2, 0) is 19.6 Å². The molecule has 0 bridgehead atoms. The Morgan fingerprint density at radius 2 is 1.76 bits per heavy atom. The Morgan fingerprint density at radius 3 is 2.24 bits per heavy atom. The van der Waals surface area contributed by atoms with E-state index in [1.54, 1.807) is 0 Å². The molecule has 0 rings (SSSR count). The van der Waals surface area contributed by atoms with Crippen molar-refractivity contribution in [2.45, 2.75) is 72.3 Å². The van der Waals surface area contributed by atoms with Gasteiger partial charge in [-0.05, 0) is 38.7 Å². The second kappa shape index (κ2) is 8.48. The fourth-order valence-corrected chi connectivity index (χ4v) is 1.40. The van der Waals surface area contributed by atoms with Crippen molar-refractivity contribution in [3.8, 4) is 0 Å². The number of hydrogen-bond donors (Lipinski definition) is 0. The van der Waals surface area contributed by atoms with Gasteiger partial charge in [0.15, 0.2) is 0 Å². The number of unbranched alkanes of at least 4 members (excludes halogenated alkanes) is 1. The van der Waals surface area contributed by atoms with Crippen molar-refractivity contribution in [2.24, 2.45) is 5.92 Å². The van der Waals surface area contributed by atoms with Gasteiger partial charge >= 0.3 is 5.97 Å². The van der Waals surface area contributed by atoms with E-state index in [-0.39, 0.29) is 11.9 Å². The zero-order valence-electron chi connectivity index (χ0n) is 11.7. The summed E-state index contributed by atoms with van der Waals surface area (Å²) in [7, 11) is 0. The summed E-state index contributed by atoms with van der Waals surface area (Å²) in [6.45, 7) is 9.62. The lowest BCUT2D eigenvalue weighted by atomic mass is 9.97. The number of rotatable bonds is 8. The molecule has 0 radical (unpaired) electrons. The van der Waals surface area contributed by atoms with Crippen LogP contribution >= 0.6 is 0 Å². The molecule has 0 aliphatic rings. The van der Waals surface area contributed by atoms with Crippen LogP contribution in [0.5, 0.6) is 0 Å². The minimum absolute atomic E-state index is 0.0801. The first-order valence-electron chi connectivity index (χ1n) is 6.47. The lowest BCUT2D eigenvalue weighted by Crippen LogP contribution is -2.23. The van der Waals surface area contributed by atoms with Crippen molar-refractivity contribution in [1.82, 2.24) is 0 Å². The van der Waals surface area contributed by atoms with Crippen LogP contribution in [0.1, 0.15) is 66.7 Å². The van der Waals surface area contributed by atoms with Crippen molar-refractivity contribution in [3.05, 3.63) is 0 Å². The summed E-state index contributed by atoms with van der Waals surface area (Å²) in [6, 6.07) is 0. The molecule has 102 valence electrons. The van der Waals surface area contributed by atoms with Crippen LogP contribution < -0.4 is 0 Å². The summed E-state index contributed by atoms with van der Waals surface area (Å²) in [5.41, 5.74) is -0.482. The Bertz CT molecular complexity index is 208. The second-order valence-corrected chi connectivity index (χ2v) is 5.29. The minimum Gasteiger partial charge on any atom is -0.269 e. The highest BCUT2D eigenvalue weighted by molar-refractivity contribution is 5.71. The van der Waals surface area contributed by atoms with Crippen LogP contribution in [-0.4, -0.2) is 11.6 Å². The van der Waals surface area contributed by atoms with E-state index in [1.165, 1.54) is 0 Å². The Labute approximate surface area is 104 Å². The van der Waals surface area contributed by atoms with Gasteiger partial charge in [0.05, 0.1) is 11.5 Å². The molecule has 4 nitrogen and oxygen atoms in total. The van der Waals surface area contributed by atoms with Crippen LogP contribution in [0.25, 0.3) is 0 Å². The molecule has 0 heterocycles. The number of carbonyl (C=O) groups excluding carboxylic acids is 1. The molecule has 1 unspecified atom stereocenters. The summed E-state index contributed by atoms with van der Waals surface area (Å²) in [5.74, 6) is -0.409. The number of hydrogen-bond acceptors (Lipinski definition) is 4. The molecule has 1 atom stereocenters. The van der Waals surface area contributed by atoms with Gasteiger partial charge in [0.2, 0.25) is 0 Å². The quantitative estimate of drug-likeness (QED) is 0.482. The van der Waals surface area contributed by atoms with Crippen LogP contribution in [0.3, 0.4) is 0 Å². The highest BCUT2D eigenvalue weighted by atomic mass is 17.5. The Morgan fingerprint density at radius 1 is 1.12 bits per heavy atom. The summed E-state index contributed by atoms with van der Waals surface area (Å²) in [6.07, 6.45) is 4.75. The van der Waals surface area contributed by atoms with E-state index < -0.39 is 5.60 Å². The Hall–Kier alpha value is -0.610. The molecular formula is C13H26O4. The van der Waals surface area contributed by atoms with E-state index >= 15 is 0 Å². The van der Waals surface area contributed by atoms with Gasteiger partial charge < -0.3 is 0 Å². The van der Waals surface area contributed by atoms with Crippen LogP contribution in [0.15, 0.2) is 0 Å². The highest BCUT2D eigenvalue weighted by Crippen LogP contribution is 2.17. The van der Waals surface area contributed by atoms with Gasteiger partial charge in [0.1, 0.15) is 0 Å². The van der Waals surface area contributed by atoms with Crippen molar-refractivity contribution in [2.75, 3.05) is 0 Å². The van der Waals surface area contributed by atoms with Gasteiger partial charge in [-0.1, -0.05) is 33.1 Å². The third kappa shape index (κ3) is 9.12. The van der Waals surface area contributed by atoms with Crippen molar-refractivity contribution < 1.29 is 19.6 Å². The van der Waals surface area contributed by atoms with Gasteiger partial charge in [0, 0.05) is 0 Å². The van der Waals surface area contributed by atoms with Crippen molar-refractivity contribution in [3.63, 3.8) is 0 Å². The van der Waals surface area contributed by atoms with Gasteiger partial charge in [-0.15, -0.1) is 0 Å². The first kappa shape index (κ1) is 16.4. The molecule has 0 aromatic carbocycles. The molecule has 4 heteroatoms. The molecule has 0 fully saturated rings. The first-order valence-corrected chi connectivity index (χ1v) is 6.47. The summed E-state index contributed by atoms with van der Waals surface area (Å²) >= 11 is 0. The van der Waals surface area contributed by atoms with E-state index in [4.69, 9.17) is 4.89 Å². The molecule has 0 saturated heterocycles. The average Bonchev–Trinajstić information content (AvgIpc) is 2.22. The van der Waals surface area contributed by atoms with Gasteiger partial charge in [-0.3, -0.25) is 4.89 Å². The van der Waals surface area contributed by atoms with Gasteiger partial charge in [-0.25, -0.2) is 4.79 Å². The second-order valence-electron chi connectivity index (χ2n) is 5.29. The normalized spacial score (nSPS) is 13.5. The zero-order chi connectivity index (χ0) is 13.3. The maximum atomic E-state index is 11.7. The minimum atomic E-state index is -0.482. The molecule has 0 aromatic rings. The maximum Gasteiger partial charge on any atom is 0.348 e. The Kier molecular flexibility index (Phi) is 8.17. The third-order valence-corrected chi connectivity index (χ3v) is 2.28. The zero-order valence-corrected chi connectivity index (χ0v) is 11.7. The van der Waals surface area contributed by atoms with E-state index in [1.807, 2.05) is 20.8 Å². The molecular weight excluding hydrogens is 220 g/mol. The van der Waals surface area contributed by atoms with Crippen molar-refractivity contribution in [1.29, 1.82) is 0 Å². The molecule has 0 amide bonds. The van der Waals surface area contributed by atoms with E-state index in [2.05, 4.69) is 23.8 Å². The molecule has 0 N–H and O–H groups in total. The van der Waals surface area contributed by atoms with Crippen LogP contribution in [0.2, 0.25) is 0 Å². The van der Waals surface area contributed by atoms with Gasteiger partial charge in [-0.2, -0.15) is 4.89 Å². The predicted molar refractivity (Wildman–Crippen MR) is 65.9 cm³/mol. The lowest BCUT2D eigenvalue weighted by molar-refractivity contribution is -0.515. The summed E-state index contributed by atoms with van der Waals surface area (Å²) < 4.78 is 0. The smallest absolute Gasteiger partial charge is 0.269 e. The molecule has 0 aliphatic heterocycles. The largest absolute Gasteiger partial charge is 0.348 e. The van der Waals surface area contributed by atoms with Gasteiger partial charge in [0.25, 0.3) is 0 Å². The SMILES string of the molecule is CCCCC(CCC)C(=O)OOOC(C)(C)C. The van der Waals surface area contributed by atoms with Crippen molar-refractivity contribution >= 4 is 5.97 Å².